The molecule has 0 unspecified atom stereocenters. The highest BCUT2D eigenvalue weighted by atomic mass is 16.6. The number of nitro groups is 1. The maximum atomic E-state index is 10.5. The zero-order valence-corrected chi connectivity index (χ0v) is 8.84. The van der Waals surface area contributed by atoms with Crippen LogP contribution < -0.4 is 0 Å². The Kier molecular flexibility index (Phi) is 3.33. The second-order valence-corrected chi connectivity index (χ2v) is 3.26. The van der Waals surface area contributed by atoms with Crippen molar-refractivity contribution in [3.8, 4) is 0 Å². The van der Waals surface area contributed by atoms with Gasteiger partial charge in [0, 0.05) is 26.2 Å². The van der Waals surface area contributed by atoms with Crippen molar-refractivity contribution in [2.24, 2.45) is 10.3 Å². The minimum Gasteiger partial charge on any atom is -0.285 e. The second kappa shape index (κ2) is 4.50. The topological polar surface area (TPSA) is 71.1 Å². The summed E-state index contributed by atoms with van der Waals surface area (Å²) in [4.78, 5) is 10.0. The van der Waals surface area contributed by atoms with Crippen molar-refractivity contribution in [1.29, 1.82) is 0 Å². The Hall–Kier alpha value is -1.98. The van der Waals surface area contributed by atoms with Gasteiger partial charge in [-0.25, -0.2) is 0 Å². The predicted octanol–water partition coefficient (Wildman–Crippen LogP) is 2.46. The van der Waals surface area contributed by atoms with Crippen molar-refractivity contribution < 1.29 is 4.92 Å². The number of rotatable bonds is 3. The van der Waals surface area contributed by atoms with Crippen molar-refractivity contribution in [1.82, 2.24) is 5.01 Å². The average molecular weight is 208 g/mol. The van der Waals surface area contributed by atoms with Gasteiger partial charge in [0.1, 0.15) is 0 Å². The van der Waals surface area contributed by atoms with Crippen molar-refractivity contribution >= 4 is 11.4 Å². The van der Waals surface area contributed by atoms with Crippen molar-refractivity contribution in [3.05, 3.63) is 33.9 Å². The molecule has 0 heterocycles. The quantitative estimate of drug-likeness (QED) is 0.435. The van der Waals surface area contributed by atoms with E-state index in [1.165, 1.54) is 12.1 Å². The van der Waals surface area contributed by atoms with Crippen LogP contribution in [0.4, 0.5) is 11.4 Å². The van der Waals surface area contributed by atoms with Gasteiger partial charge in [-0.15, -0.1) is 5.11 Å². The highest BCUT2D eigenvalue weighted by Crippen LogP contribution is 2.23. The molecule has 0 fully saturated rings. The summed E-state index contributed by atoms with van der Waals surface area (Å²) < 4.78 is 0. The van der Waals surface area contributed by atoms with Gasteiger partial charge in [0.25, 0.3) is 5.69 Å². The molecule has 1 rings (SSSR count). The standard InChI is InChI=1S/C9H12N4O2/c1-7-6-8(13(14)15)4-5-9(7)10-11-12(2)3/h4-6H,1-3H3. The Morgan fingerprint density at radius 3 is 2.53 bits per heavy atom. The van der Waals surface area contributed by atoms with E-state index in [1.807, 2.05) is 0 Å². The van der Waals surface area contributed by atoms with Gasteiger partial charge in [0.05, 0.1) is 10.6 Å². The van der Waals surface area contributed by atoms with Crippen LogP contribution >= 0.6 is 0 Å². The molecule has 80 valence electrons. The van der Waals surface area contributed by atoms with E-state index >= 15 is 0 Å². The fourth-order valence-corrected chi connectivity index (χ4v) is 1.00. The smallest absolute Gasteiger partial charge is 0.269 e. The van der Waals surface area contributed by atoms with Gasteiger partial charge < -0.3 is 0 Å². The van der Waals surface area contributed by atoms with E-state index in [2.05, 4.69) is 10.3 Å². The van der Waals surface area contributed by atoms with Crippen molar-refractivity contribution in [2.75, 3.05) is 14.1 Å². The molecule has 0 amide bonds. The molecule has 0 spiro atoms. The monoisotopic (exact) mass is 208 g/mol. The van der Waals surface area contributed by atoms with Crippen LogP contribution in [0.25, 0.3) is 0 Å². The van der Waals surface area contributed by atoms with Crippen molar-refractivity contribution in [3.63, 3.8) is 0 Å². The van der Waals surface area contributed by atoms with Crippen LogP contribution in [0.2, 0.25) is 0 Å². The van der Waals surface area contributed by atoms with Crippen LogP contribution in [0.3, 0.4) is 0 Å². The Labute approximate surface area is 87.4 Å². The van der Waals surface area contributed by atoms with Gasteiger partial charge in [0.15, 0.2) is 0 Å². The molecular formula is C9H12N4O2. The summed E-state index contributed by atoms with van der Waals surface area (Å²) in [6.45, 7) is 1.76. The zero-order valence-electron chi connectivity index (χ0n) is 8.84. The third kappa shape index (κ3) is 3.01. The number of nitrogens with zero attached hydrogens (tertiary/aromatic N) is 4. The highest BCUT2D eigenvalue weighted by Gasteiger charge is 2.07. The zero-order chi connectivity index (χ0) is 11.4. The molecule has 0 saturated carbocycles. The Bertz CT molecular complexity index is 401. The molecular weight excluding hydrogens is 196 g/mol. The molecule has 0 aliphatic carbocycles. The minimum atomic E-state index is -0.431. The van der Waals surface area contributed by atoms with Crippen LogP contribution in [0, 0.1) is 17.0 Å². The number of aryl methyl sites for hydroxylation is 1. The van der Waals surface area contributed by atoms with E-state index in [9.17, 15) is 10.1 Å². The number of non-ortho nitro benzene ring substituents is 1. The molecule has 0 bridgehead atoms. The first-order chi connectivity index (χ1) is 7.00. The van der Waals surface area contributed by atoms with E-state index in [-0.39, 0.29) is 5.69 Å². The first-order valence-corrected chi connectivity index (χ1v) is 4.34. The summed E-state index contributed by atoms with van der Waals surface area (Å²) >= 11 is 0. The van der Waals surface area contributed by atoms with Gasteiger partial charge >= 0.3 is 0 Å². The number of nitro benzene ring substituents is 1. The van der Waals surface area contributed by atoms with Gasteiger partial charge in [-0.05, 0) is 18.6 Å². The molecule has 0 radical (unpaired) electrons. The molecule has 0 N–H and O–H groups in total. The summed E-state index contributed by atoms with van der Waals surface area (Å²) in [5, 5.41) is 19.8. The Morgan fingerprint density at radius 1 is 1.40 bits per heavy atom. The van der Waals surface area contributed by atoms with E-state index in [0.29, 0.717) is 5.69 Å². The number of hydrogen-bond donors (Lipinski definition) is 0. The molecule has 6 nitrogen and oxygen atoms in total. The summed E-state index contributed by atoms with van der Waals surface area (Å²) in [6, 6.07) is 4.47. The molecule has 0 atom stereocenters. The third-order valence-electron chi connectivity index (χ3n) is 1.72. The third-order valence-corrected chi connectivity index (χ3v) is 1.72. The summed E-state index contributed by atoms with van der Waals surface area (Å²) in [5.41, 5.74) is 1.43. The van der Waals surface area contributed by atoms with E-state index in [4.69, 9.17) is 0 Å². The summed E-state index contributed by atoms with van der Waals surface area (Å²) in [5.74, 6) is 0. The molecule has 1 aromatic carbocycles. The maximum absolute atomic E-state index is 10.5. The van der Waals surface area contributed by atoms with E-state index in [0.717, 1.165) is 5.56 Å². The summed E-state index contributed by atoms with van der Waals surface area (Å²) in [7, 11) is 3.51. The predicted molar refractivity (Wildman–Crippen MR) is 56.0 cm³/mol. The molecule has 0 saturated heterocycles. The SMILES string of the molecule is Cc1cc([N+](=O)[O-])ccc1N=NN(C)C. The molecule has 0 aromatic heterocycles. The summed E-state index contributed by atoms with van der Waals surface area (Å²) in [6.07, 6.45) is 0. The Morgan fingerprint density at radius 2 is 2.07 bits per heavy atom. The molecule has 0 aliphatic rings. The lowest BCUT2D eigenvalue weighted by molar-refractivity contribution is -0.384. The number of benzene rings is 1. The van der Waals surface area contributed by atoms with Crippen molar-refractivity contribution in [2.45, 2.75) is 6.92 Å². The van der Waals surface area contributed by atoms with E-state index < -0.39 is 4.92 Å². The van der Waals surface area contributed by atoms with Gasteiger partial charge in [-0.1, -0.05) is 5.22 Å². The van der Waals surface area contributed by atoms with Crippen LogP contribution in [-0.4, -0.2) is 24.0 Å². The molecule has 15 heavy (non-hydrogen) atoms. The first-order valence-electron chi connectivity index (χ1n) is 4.34. The second-order valence-electron chi connectivity index (χ2n) is 3.26. The van der Waals surface area contributed by atoms with Crippen LogP contribution in [0.1, 0.15) is 5.56 Å². The molecule has 1 aromatic rings. The van der Waals surface area contributed by atoms with Crippen LogP contribution in [0.5, 0.6) is 0 Å². The normalized spacial score (nSPS) is 10.6. The lowest BCUT2D eigenvalue weighted by Gasteiger charge is -2.02. The average Bonchev–Trinajstić information content (AvgIpc) is 2.15. The Balaban J connectivity index is 2.98. The largest absolute Gasteiger partial charge is 0.285 e. The van der Waals surface area contributed by atoms with Gasteiger partial charge in [-0.3, -0.25) is 15.1 Å². The fraction of sp³-hybridized carbons (Fsp3) is 0.333. The van der Waals surface area contributed by atoms with Crippen LogP contribution in [-0.2, 0) is 0 Å². The van der Waals surface area contributed by atoms with Crippen LogP contribution in [0.15, 0.2) is 28.5 Å². The minimum absolute atomic E-state index is 0.0660. The van der Waals surface area contributed by atoms with E-state index in [1.54, 1.807) is 32.1 Å². The lowest BCUT2D eigenvalue weighted by Crippen LogP contribution is -1.99. The van der Waals surface area contributed by atoms with Gasteiger partial charge in [-0.2, -0.15) is 0 Å². The first kappa shape index (κ1) is 11.1. The maximum Gasteiger partial charge on any atom is 0.269 e. The lowest BCUT2D eigenvalue weighted by atomic mass is 10.2. The molecule has 6 heteroatoms. The van der Waals surface area contributed by atoms with Gasteiger partial charge in [0.2, 0.25) is 0 Å². The number of hydrogen-bond acceptors (Lipinski definition) is 4. The molecule has 0 aliphatic heterocycles. The fourth-order valence-electron chi connectivity index (χ4n) is 1.00. The highest BCUT2D eigenvalue weighted by molar-refractivity contribution is 5.50.